The highest BCUT2D eigenvalue weighted by Gasteiger charge is 2.44. The van der Waals surface area contributed by atoms with Crippen molar-refractivity contribution in [2.24, 2.45) is 5.92 Å². The Morgan fingerprint density at radius 3 is 2.27 bits per heavy atom. The second-order valence-corrected chi connectivity index (χ2v) is 12.3. The van der Waals surface area contributed by atoms with Crippen LogP contribution in [0, 0.1) is 5.92 Å². The number of hydrogen-bond donors (Lipinski definition) is 1. The Balaban J connectivity index is 1.13. The highest BCUT2D eigenvalue weighted by molar-refractivity contribution is 6.23. The lowest BCUT2D eigenvalue weighted by molar-refractivity contribution is -0.125. The molecule has 0 spiro atoms. The minimum absolute atomic E-state index is 0.220. The van der Waals surface area contributed by atoms with Gasteiger partial charge >= 0.3 is 6.09 Å². The number of rotatable bonds is 4. The molecule has 1 aromatic rings. The molecular weight excluding hydrogens is 510 g/mol. The number of benzene rings is 1. The van der Waals surface area contributed by atoms with Crippen LogP contribution in [0.25, 0.3) is 0 Å². The first-order chi connectivity index (χ1) is 19.0. The number of nitrogens with one attached hydrogen (secondary N) is 1. The number of piperidine rings is 2. The molecule has 4 aliphatic rings. The first kappa shape index (κ1) is 28.1. The maximum absolute atomic E-state index is 13.3. The first-order valence-corrected chi connectivity index (χ1v) is 14.5. The van der Waals surface area contributed by atoms with Crippen LogP contribution >= 0.6 is 0 Å². The topological polar surface area (TPSA) is 102 Å². The van der Waals surface area contributed by atoms with E-state index in [1.807, 2.05) is 50.8 Å². The third kappa shape index (κ3) is 5.87. The summed E-state index contributed by atoms with van der Waals surface area (Å²) in [4.78, 5) is 59.1. The van der Waals surface area contributed by atoms with Crippen LogP contribution in [-0.4, -0.2) is 96.0 Å². The van der Waals surface area contributed by atoms with E-state index in [1.54, 1.807) is 6.07 Å². The monoisotopic (exact) mass is 551 g/mol. The van der Waals surface area contributed by atoms with E-state index in [0.29, 0.717) is 29.9 Å². The molecule has 1 N–H and O–H groups in total. The summed E-state index contributed by atoms with van der Waals surface area (Å²) in [5, 5.41) is 2.81. The van der Waals surface area contributed by atoms with E-state index in [4.69, 9.17) is 4.74 Å². The number of likely N-dealkylation sites (tertiary alicyclic amines) is 1. The Morgan fingerprint density at radius 2 is 1.65 bits per heavy atom. The molecule has 1 unspecified atom stereocenters. The Bertz CT molecular complexity index is 1210. The van der Waals surface area contributed by atoms with Gasteiger partial charge in [0.2, 0.25) is 5.91 Å². The largest absolute Gasteiger partial charge is 0.444 e. The van der Waals surface area contributed by atoms with Crippen LogP contribution in [0.4, 0.5) is 10.5 Å². The second-order valence-electron chi connectivity index (χ2n) is 12.3. The summed E-state index contributed by atoms with van der Waals surface area (Å²) in [7, 11) is 0. The maximum Gasteiger partial charge on any atom is 0.410 e. The van der Waals surface area contributed by atoms with Gasteiger partial charge in [-0.25, -0.2) is 4.79 Å². The van der Waals surface area contributed by atoms with Crippen molar-refractivity contribution < 1.29 is 23.9 Å². The summed E-state index contributed by atoms with van der Waals surface area (Å²) in [6.07, 6.45) is 4.64. The molecule has 40 heavy (non-hydrogen) atoms. The van der Waals surface area contributed by atoms with E-state index >= 15 is 0 Å². The predicted octanol–water partition coefficient (Wildman–Crippen LogP) is 3.23. The number of nitrogens with zero attached hydrogens (tertiary/aromatic N) is 4. The standard InChI is InChI=1S/C30H41N5O5/c1-5-21-6-9-25(26(36)31-21)35-27(37)23-8-7-22(18-24(23)28(35)38)33-16-14-32(15-17-33)19-20-10-12-34(13-11-20)29(39)40-30(2,3)4/h5,7-8,18,20,25H,6,9-17,19H2,1-4H3,(H,31,36)/b21-5-. The van der Waals surface area contributed by atoms with Gasteiger partial charge in [0, 0.05) is 57.2 Å². The molecule has 0 bridgehead atoms. The van der Waals surface area contributed by atoms with Crippen molar-refractivity contribution in [3.8, 4) is 0 Å². The number of allylic oxidation sites excluding steroid dienone is 2. The second kappa shape index (κ2) is 11.2. The molecule has 0 aliphatic carbocycles. The van der Waals surface area contributed by atoms with Crippen LogP contribution in [0.15, 0.2) is 30.0 Å². The number of amides is 4. The summed E-state index contributed by atoms with van der Waals surface area (Å²) in [6, 6.07) is 4.68. The number of ether oxygens (including phenoxy) is 1. The number of hydrogen-bond acceptors (Lipinski definition) is 7. The molecule has 5 rings (SSSR count). The van der Waals surface area contributed by atoms with Crippen molar-refractivity contribution >= 4 is 29.5 Å². The molecule has 0 aromatic heterocycles. The van der Waals surface area contributed by atoms with Gasteiger partial charge < -0.3 is 19.9 Å². The fourth-order valence-electron chi connectivity index (χ4n) is 6.10. The van der Waals surface area contributed by atoms with Crippen LogP contribution in [-0.2, 0) is 9.53 Å². The molecule has 10 nitrogen and oxygen atoms in total. The van der Waals surface area contributed by atoms with Crippen LogP contribution in [0.2, 0.25) is 0 Å². The molecule has 1 atom stereocenters. The van der Waals surface area contributed by atoms with Crippen LogP contribution in [0.5, 0.6) is 0 Å². The zero-order valence-electron chi connectivity index (χ0n) is 24.1. The molecule has 3 saturated heterocycles. The average Bonchev–Trinajstić information content (AvgIpc) is 3.17. The van der Waals surface area contributed by atoms with E-state index in [1.165, 1.54) is 0 Å². The van der Waals surface area contributed by atoms with Crippen molar-refractivity contribution in [1.82, 2.24) is 20.0 Å². The van der Waals surface area contributed by atoms with Crippen LogP contribution < -0.4 is 10.2 Å². The molecule has 4 heterocycles. The molecule has 3 fully saturated rings. The number of piperazine rings is 1. The lowest BCUT2D eigenvalue weighted by atomic mass is 9.96. The molecule has 0 radical (unpaired) electrons. The van der Waals surface area contributed by atoms with Gasteiger partial charge in [-0.05, 0) is 77.5 Å². The third-order valence-corrected chi connectivity index (χ3v) is 8.36. The Labute approximate surface area is 236 Å². The normalized spacial score (nSPS) is 24.0. The van der Waals surface area contributed by atoms with Crippen molar-refractivity contribution in [3.05, 3.63) is 41.1 Å². The average molecular weight is 552 g/mol. The number of carbonyl (C=O) groups is 4. The van der Waals surface area contributed by atoms with Crippen molar-refractivity contribution in [2.75, 3.05) is 50.7 Å². The molecule has 0 saturated carbocycles. The number of carbonyl (C=O) groups excluding carboxylic acids is 4. The van der Waals surface area contributed by atoms with E-state index in [0.717, 1.165) is 74.9 Å². The van der Waals surface area contributed by atoms with Gasteiger partial charge in [0.05, 0.1) is 11.1 Å². The first-order valence-electron chi connectivity index (χ1n) is 14.5. The Morgan fingerprint density at radius 1 is 0.975 bits per heavy atom. The summed E-state index contributed by atoms with van der Waals surface area (Å²) in [5.74, 6) is -0.526. The SMILES string of the molecule is C/C=C1/CCC(N2C(=O)c3ccc(N4CCN(CC5CCN(C(=O)OC(C)(C)C)CC5)CC4)cc3C2=O)C(=O)N1. The number of fused-ring (bicyclic) bond motifs is 1. The minimum Gasteiger partial charge on any atom is -0.444 e. The zero-order chi connectivity index (χ0) is 28.6. The molecule has 4 amide bonds. The van der Waals surface area contributed by atoms with E-state index in [2.05, 4.69) is 15.1 Å². The lowest BCUT2D eigenvalue weighted by Gasteiger charge is -2.39. The van der Waals surface area contributed by atoms with Gasteiger partial charge in [-0.15, -0.1) is 0 Å². The van der Waals surface area contributed by atoms with Gasteiger partial charge in [0.25, 0.3) is 11.8 Å². The van der Waals surface area contributed by atoms with Gasteiger partial charge in [0.15, 0.2) is 0 Å². The molecule has 4 aliphatic heterocycles. The fourth-order valence-corrected chi connectivity index (χ4v) is 6.10. The molecular formula is C30H41N5O5. The summed E-state index contributed by atoms with van der Waals surface area (Å²) < 4.78 is 5.51. The summed E-state index contributed by atoms with van der Waals surface area (Å²) in [6.45, 7) is 13.5. The Kier molecular flexibility index (Phi) is 7.90. The molecule has 1 aromatic carbocycles. The van der Waals surface area contributed by atoms with Gasteiger partial charge in [-0.3, -0.25) is 24.2 Å². The van der Waals surface area contributed by atoms with Crippen LogP contribution in [0.3, 0.4) is 0 Å². The van der Waals surface area contributed by atoms with Gasteiger partial charge in [-0.2, -0.15) is 0 Å². The molecule has 216 valence electrons. The zero-order valence-corrected chi connectivity index (χ0v) is 24.1. The predicted molar refractivity (Wildman–Crippen MR) is 151 cm³/mol. The van der Waals surface area contributed by atoms with E-state index in [-0.39, 0.29) is 17.9 Å². The maximum atomic E-state index is 13.3. The quantitative estimate of drug-likeness (QED) is 0.573. The number of anilines is 1. The van der Waals surface area contributed by atoms with Gasteiger partial charge in [0.1, 0.15) is 11.6 Å². The van der Waals surface area contributed by atoms with Crippen molar-refractivity contribution in [2.45, 2.75) is 65.0 Å². The lowest BCUT2D eigenvalue weighted by Crippen LogP contribution is -2.51. The smallest absolute Gasteiger partial charge is 0.410 e. The minimum atomic E-state index is -0.779. The van der Waals surface area contributed by atoms with Gasteiger partial charge in [-0.1, -0.05) is 6.08 Å². The van der Waals surface area contributed by atoms with E-state index in [9.17, 15) is 19.2 Å². The molecule has 10 heteroatoms. The van der Waals surface area contributed by atoms with Crippen LogP contribution in [0.1, 0.15) is 74.1 Å². The Hall–Kier alpha value is -3.40. The van der Waals surface area contributed by atoms with E-state index < -0.39 is 17.6 Å². The highest BCUT2D eigenvalue weighted by Crippen LogP contribution is 2.32. The summed E-state index contributed by atoms with van der Waals surface area (Å²) in [5.41, 5.74) is 2.03. The summed E-state index contributed by atoms with van der Waals surface area (Å²) >= 11 is 0. The van der Waals surface area contributed by atoms with Crippen molar-refractivity contribution in [1.29, 1.82) is 0 Å². The fraction of sp³-hybridized carbons (Fsp3) is 0.600. The highest BCUT2D eigenvalue weighted by atomic mass is 16.6. The number of imide groups is 1. The third-order valence-electron chi connectivity index (χ3n) is 8.36. The van der Waals surface area contributed by atoms with Crippen molar-refractivity contribution in [3.63, 3.8) is 0 Å².